The summed E-state index contributed by atoms with van der Waals surface area (Å²) in [6.45, 7) is 4.84. The Hall–Kier alpha value is -0.630. The second kappa shape index (κ2) is 9.35. The van der Waals surface area contributed by atoms with E-state index in [1.807, 2.05) is 0 Å². The largest absolute Gasteiger partial charge is 0.445 e. The van der Waals surface area contributed by atoms with Crippen LogP contribution in [0.5, 0.6) is 0 Å². The average Bonchev–Trinajstić information content (AvgIpc) is 2.44. The van der Waals surface area contributed by atoms with Gasteiger partial charge in [-0.1, -0.05) is 34.8 Å². The Labute approximate surface area is 162 Å². The van der Waals surface area contributed by atoms with Gasteiger partial charge in [0.2, 0.25) is 3.79 Å². The van der Waals surface area contributed by atoms with E-state index >= 15 is 0 Å². The number of hydrogen-bond acceptors (Lipinski definition) is 5. The van der Waals surface area contributed by atoms with Crippen LogP contribution >= 0.6 is 34.8 Å². The highest BCUT2D eigenvalue weighted by molar-refractivity contribution is 6.67. The van der Waals surface area contributed by atoms with Crippen molar-refractivity contribution in [3.63, 3.8) is 0 Å². The fourth-order valence-electron chi connectivity index (χ4n) is 2.60. The number of alkyl halides is 3. The van der Waals surface area contributed by atoms with Gasteiger partial charge in [0.1, 0.15) is 12.2 Å². The summed E-state index contributed by atoms with van der Waals surface area (Å²) < 4.78 is 8.38. The molecule has 0 unspecified atom stereocenters. The van der Waals surface area contributed by atoms with Crippen molar-refractivity contribution < 1.29 is 24.2 Å². The van der Waals surface area contributed by atoms with Crippen molar-refractivity contribution >= 4 is 47.0 Å². The zero-order valence-electron chi connectivity index (χ0n) is 14.5. The van der Waals surface area contributed by atoms with Crippen LogP contribution < -0.4 is 10.6 Å². The maximum atomic E-state index is 11.8. The molecule has 146 valence electrons. The first-order valence-electron chi connectivity index (χ1n) is 8.00. The molecule has 1 saturated carbocycles. The quantitative estimate of drug-likeness (QED) is 0.608. The summed E-state index contributed by atoms with van der Waals surface area (Å²) in [6.07, 6.45) is 0.487. The van der Waals surface area contributed by atoms with Gasteiger partial charge in [0.25, 0.3) is 0 Å². The Kier molecular flexibility index (Phi) is 8.38. The molecule has 25 heavy (non-hydrogen) atoms. The topological polar surface area (TPSA) is 96.9 Å². The van der Waals surface area contributed by atoms with Crippen molar-refractivity contribution in [1.82, 2.24) is 10.6 Å². The smallest absolute Gasteiger partial charge is 0.407 e. The molecule has 0 spiro atoms. The predicted octanol–water partition coefficient (Wildman–Crippen LogP) is 3.14. The van der Waals surface area contributed by atoms with Crippen LogP contribution in [0.2, 0.25) is 0 Å². The zero-order valence-corrected chi connectivity index (χ0v) is 16.7. The highest BCUT2D eigenvalue weighted by Crippen LogP contribution is 2.27. The van der Waals surface area contributed by atoms with Gasteiger partial charge in [0.15, 0.2) is 0 Å². The van der Waals surface area contributed by atoms with Crippen LogP contribution in [0.25, 0.3) is 0 Å². The lowest BCUT2D eigenvalue weighted by atomic mass is 9.82. The van der Waals surface area contributed by atoms with Gasteiger partial charge < -0.3 is 25.2 Å². The summed E-state index contributed by atoms with van der Waals surface area (Å²) in [6, 6.07) is -0.424. The maximum absolute atomic E-state index is 11.8. The first-order chi connectivity index (χ1) is 11.4. The number of hydrogen-bond donors (Lipinski definition) is 3. The summed E-state index contributed by atoms with van der Waals surface area (Å²) in [5, 5.41) is 15.0. The van der Waals surface area contributed by atoms with Crippen molar-refractivity contribution in [2.45, 2.75) is 61.5 Å². The maximum Gasteiger partial charge on any atom is 0.407 e. The van der Waals surface area contributed by atoms with Crippen LogP contribution in [0.15, 0.2) is 0 Å². The first-order valence-corrected chi connectivity index (χ1v) is 9.13. The number of halogens is 3. The SMILES string of the molecule is CC(C)(C)OC(=O)N[C@@H]1CC[C@H](NC(=O)OCC(Cl)(Cl)Cl)[C@H](CO)C1. The Balaban J connectivity index is 2.47. The summed E-state index contributed by atoms with van der Waals surface area (Å²) in [7, 11) is 0. The number of carbonyl (C=O) groups is 2. The predicted molar refractivity (Wildman–Crippen MR) is 96.1 cm³/mol. The van der Waals surface area contributed by atoms with E-state index in [2.05, 4.69) is 10.6 Å². The van der Waals surface area contributed by atoms with Gasteiger partial charge in [-0.25, -0.2) is 9.59 Å². The third kappa shape index (κ3) is 9.58. The van der Waals surface area contributed by atoms with Crippen LogP contribution in [-0.4, -0.2) is 52.0 Å². The van der Waals surface area contributed by atoms with Crippen LogP contribution in [0.4, 0.5) is 9.59 Å². The van der Waals surface area contributed by atoms with E-state index < -0.39 is 21.6 Å². The molecule has 0 aromatic carbocycles. The van der Waals surface area contributed by atoms with Gasteiger partial charge >= 0.3 is 12.2 Å². The molecule has 0 aromatic rings. The van der Waals surface area contributed by atoms with Crippen LogP contribution in [0.3, 0.4) is 0 Å². The van der Waals surface area contributed by atoms with Crippen molar-refractivity contribution in [3.8, 4) is 0 Å². The Morgan fingerprint density at radius 1 is 1.12 bits per heavy atom. The number of nitrogens with one attached hydrogen (secondary N) is 2. The minimum absolute atomic E-state index is 0.137. The monoisotopic (exact) mass is 418 g/mol. The van der Waals surface area contributed by atoms with Crippen LogP contribution in [0.1, 0.15) is 40.0 Å². The van der Waals surface area contributed by atoms with E-state index in [9.17, 15) is 14.7 Å². The third-order valence-electron chi connectivity index (χ3n) is 3.61. The molecular weight excluding hydrogens is 395 g/mol. The number of aliphatic hydroxyl groups excluding tert-OH is 1. The minimum Gasteiger partial charge on any atom is -0.445 e. The highest BCUT2D eigenvalue weighted by Gasteiger charge is 2.33. The molecule has 7 nitrogen and oxygen atoms in total. The lowest BCUT2D eigenvalue weighted by Gasteiger charge is -2.36. The van der Waals surface area contributed by atoms with Gasteiger partial charge in [-0.2, -0.15) is 0 Å². The summed E-state index contributed by atoms with van der Waals surface area (Å²) in [5.41, 5.74) is -0.578. The van der Waals surface area contributed by atoms with Gasteiger partial charge in [0, 0.05) is 24.6 Å². The molecule has 2 amide bonds. The first kappa shape index (κ1) is 22.4. The molecule has 1 rings (SSSR count). The van der Waals surface area contributed by atoms with Gasteiger partial charge in [-0.05, 0) is 40.0 Å². The minimum atomic E-state index is -1.68. The van der Waals surface area contributed by atoms with E-state index in [1.54, 1.807) is 20.8 Å². The highest BCUT2D eigenvalue weighted by atomic mass is 35.6. The standard InChI is InChI=1S/C15H25Cl3N2O5/c1-14(2,3)25-13(23)19-10-4-5-11(9(6-10)7-21)20-12(22)24-8-15(16,17)18/h9-11,21H,4-8H2,1-3H3,(H,19,23)(H,20,22)/t9-,10+,11-/m0/s1. The van der Waals surface area contributed by atoms with Crippen LogP contribution in [0, 0.1) is 5.92 Å². The second-order valence-corrected chi connectivity index (χ2v) is 9.56. The van der Waals surface area contributed by atoms with E-state index in [0.29, 0.717) is 19.3 Å². The number of alkyl carbamates (subject to hydrolysis) is 2. The molecular formula is C15H25Cl3N2O5. The van der Waals surface area contributed by atoms with E-state index in [0.717, 1.165) is 0 Å². The normalized spacial score (nSPS) is 24.4. The summed E-state index contributed by atoms with van der Waals surface area (Å²) in [5.74, 6) is -0.228. The lowest BCUT2D eigenvalue weighted by molar-refractivity contribution is 0.0457. The fourth-order valence-corrected chi connectivity index (χ4v) is 2.77. The van der Waals surface area contributed by atoms with Gasteiger partial charge in [-0.15, -0.1) is 0 Å². The van der Waals surface area contributed by atoms with Gasteiger partial charge in [0.05, 0.1) is 0 Å². The third-order valence-corrected chi connectivity index (χ3v) is 3.94. The number of rotatable bonds is 4. The Morgan fingerprint density at radius 2 is 1.76 bits per heavy atom. The zero-order chi connectivity index (χ0) is 19.3. The molecule has 1 fully saturated rings. The molecule has 1 aliphatic carbocycles. The van der Waals surface area contributed by atoms with E-state index in [-0.39, 0.29) is 31.2 Å². The second-order valence-electron chi connectivity index (χ2n) is 7.04. The Bertz CT molecular complexity index is 465. The van der Waals surface area contributed by atoms with E-state index in [4.69, 9.17) is 44.3 Å². The number of amides is 2. The van der Waals surface area contributed by atoms with Crippen molar-refractivity contribution in [2.75, 3.05) is 13.2 Å². The van der Waals surface area contributed by atoms with E-state index in [1.165, 1.54) is 0 Å². The lowest BCUT2D eigenvalue weighted by Crippen LogP contribution is -2.50. The van der Waals surface area contributed by atoms with Gasteiger partial charge in [-0.3, -0.25) is 0 Å². The number of ether oxygens (including phenoxy) is 2. The molecule has 0 radical (unpaired) electrons. The number of carbonyl (C=O) groups excluding carboxylic acids is 2. The molecule has 0 aromatic heterocycles. The molecule has 10 heteroatoms. The molecule has 0 heterocycles. The molecule has 0 bridgehead atoms. The molecule has 0 aliphatic heterocycles. The van der Waals surface area contributed by atoms with Crippen molar-refractivity contribution in [3.05, 3.63) is 0 Å². The Morgan fingerprint density at radius 3 is 2.28 bits per heavy atom. The molecule has 3 N–H and O–H groups in total. The van der Waals surface area contributed by atoms with Crippen molar-refractivity contribution in [1.29, 1.82) is 0 Å². The number of aliphatic hydroxyl groups is 1. The molecule has 3 atom stereocenters. The van der Waals surface area contributed by atoms with Crippen LogP contribution in [-0.2, 0) is 9.47 Å². The van der Waals surface area contributed by atoms with Crippen molar-refractivity contribution in [2.24, 2.45) is 5.92 Å². The average molecular weight is 420 g/mol. The summed E-state index contributed by atoms with van der Waals surface area (Å²) in [4.78, 5) is 23.6. The molecule has 1 aliphatic rings. The summed E-state index contributed by atoms with van der Waals surface area (Å²) >= 11 is 16.6. The fraction of sp³-hybridized carbons (Fsp3) is 0.867. The molecule has 0 saturated heterocycles.